The molecule has 1 unspecified atom stereocenters. The van der Waals surface area contributed by atoms with Crippen LogP contribution < -0.4 is 5.32 Å². The van der Waals surface area contributed by atoms with Crippen LogP contribution in [0.4, 0.5) is 0 Å². The van der Waals surface area contributed by atoms with Crippen LogP contribution in [-0.4, -0.2) is 37.0 Å². The molecule has 1 heterocycles. The van der Waals surface area contributed by atoms with Gasteiger partial charge in [0.05, 0.1) is 6.04 Å². The molecule has 1 N–H and O–H groups in total. The van der Waals surface area contributed by atoms with E-state index in [1.54, 1.807) is 0 Å². The molecule has 3 heteroatoms. The number of likely N-dealkylation sites (N-methyl/N-ethyl adjacent to an activating group) is 1. The summed E-state index contributed by atoms with van der Waals surface area (Å²) >= 11 is 0. The standard InChI is InChI=1S/C15H20N2O/c1-12(16-2)15(18)17-10-8-14(9-11-17)13-6-4-3-5-7-13/h3-8,12,16H,9-11H2,1-2H3. The fourth-order valence-corrected chi connectivity index (χ4v) is 2.18. The SMILES string of the molecule is CNC(C)C(=O)N1CC=C(c2ccccc2)CC1. The zero-order valence-corrected chi connectivity index (χ0v) is 11.0. The summed E-state index contributed by atoms with van der Waals surface area (Å²) in [4.78, 5) is 13.9. The van der Waals surface area contributed by atoms with Crippen LogP contribution >= 0.6 is 0 Å². The Morgan fingerprint density at radius 1 is 1.33 bits per heavy atom. The van der Waals surface area contributed by atoms with Gasteiger partial charge in [0.25, 0.3) is 0 Å². The van der Waals surface area contributed by atoms with Crippen molar-refractivity contribution >= 4 is 11.5 Å². The maximum Gasteiger partial charge on any atom is 0.239 e. The second-order valence-corrected chi connectivity index (χ2v) is 4.64. The minimum Gasteiger partial charge on any atom is -0.337 e. The quantitative estimate of drug-likeness (QED) is 0.881. The zero-order chi connectivity index (χ0) is 13.0. The van der Waals surface area contributed by atoms with Crippen LogP contribution in [0.25, 0.3) is 5.57 Å². The molecule has 1 amide bonds. The van der Waals surface area contributed by atoms with Crippen molar-refractivity contribution < 1.29 is 4.79 Å². The molecular formula is C15H20N2O. The molecule has 0 bridgehead atoms. The second-order valence-electron chi connectivity index (χ2n) is 4.64. The van der Waals surface area contributed by atoms with Gasteiger partial charge in [-0.3, -0.25) is 4.79 Å². The van der Waals surface area contributed by atoms with Crippen molar-refractivity contribution in [1.82, 2.24) is 10.2 Å². The smallest absolute Gasteiger partial charge is 0.239 e. The number of hydrogen-bond donors (Lipinski definition) is 1. The lowest BCUT2D eigenvalue weighted by Gasteiger charge is -2.29. The monoisotopic (exact) mass is 244 g/mol. The summed E-state index contributed by atoms with van der Waals surface area (Å²) in [5.74, 6) is 0.181. The zero-order valence-electron chi connectivity index (χ0n) is 11.0. The minimum atomic E-state index is -0.100. The third-order valence-electron chi connectivity index (χ3n) is 3.47. The van der Waals surface area contributed by atoms with Crippen molar-refractivity contribution in [3.05, 3.63) is 42.0 Å². The highest BCUT2D eigenvalue weighted by atomic mass is 16.2. The molecule has 0 fully saturated rings. The van der Waals surface area contributed by atoms with Crippen LogP contribution in [0.1, 0.15) is 18.9 Å². The predicted octanol–water partition coefficient (Wildman–Crippen LogP) is 1.91. The average Bonchev–Trinajstić information content (AvgIpc) is 2.47. The molecule has 1 aliphatic heterocycles. The molecule has 0 aliphatic carbocycles. The van der Waals surface area contributed by atoms with Gasteiger partial charge in [0.15, 0.2) is 0 Å². The van der Waals surface area contributed by atoms with E-state index in [1.807, 2.05) is 24.9 Å². The number of nitrogens with one attached hydrogen (secondary N) is 1. The van der Waals surface area contributed by atoms with Gasteiger partial charge in [0.1, 0.15) is 0 Å². The number of carbonyl (C=O) groups is 1. The first-order chi connectivity index (χ1) is 8.72. The lowest BCUT2D eigenvalue weighted by atomic mass is 9.99. The van der Waals surface area contributed by atoms with Gasteiger partial charge in [-0.15, -0.1) is 0 Å². The van der Waals surface area contributed by atoms with Crippen molar-refractivity contribution in [3.8, 4) is 0 Å². The summed E-state index contributed by atoms with van der Waals surface area (Å²) < 4.78 is 0. The third-order valence-corrected chi connectivity index (χ3v) is 3.47. The maximum absolute atomic E-state index is 12.0. The first-order valence-corrected chi connectivity index (χ1v) is 6.43. The number of nitrogens with zero attached hydrogens (tertiary/aromatic N) is 1. The first kappa shape index (κ1) is 12.8. The summed E-state index contributed by atoms with van der Waals surface area (Å²) in [6.45, 7) is 3.43. The summed E-state index contributed by atoms with van der Waals surface area (Å²) in [6.07, 6.45) is 3.10. The van der Waals surface area contributed by atoms with Crippen LogP contribution in [0.3, 0.4) is 0 Å². The normalized spacial score (nSPS) is 17.2. The van der Waals surface area contributed by atoms with Gasteiger partial charge in [-0.1, -0.05) is 36.4 Å². The molecule has 18 heavy (non-hydrogen) atoms. The molecule has 96 valence electrons. The van der Waals surface area contributed by atoms with Crippen molar-refractivity contribution in [2.45, 2.75) is 19.4 Å². The van der Waals surface area contributed by atoms with E-state index in [4.69, 9.17) is 0 Å². The summed E-state index contributed by atoms with van der Waals surface area (Å²) in [7, 11) is 1.82. The lowest BCUT2D eigenvalue weighted by molar-refractivity contribution is -0.132. The van der Waals surface area contributed by atoms with Crippen LogP contribution in [0.5, 0.6) is 0 Å². The van der Waals surface area contributed by atoms with E-state index in [2.05, 4.69) is 35.7 Å². The largest absolute Gasteiger partial charge is 0.337 e. The van der Waals surface area contributed by atoms with E-state index in [-0.39, 0.29) is 11.9 Å². The van der Waals surface area contributed by atoms with Gasteiger partial charge in [0.2, 0.25) is 5.91 Å². The van der Waals surface area contributed by atoms with Gasteiger partial charge in [0, 0.05) is 13.1 Å². The maximum atomic E-state index is 12.0. The van der Waals surface area contributed by atoms with Gasteiger partial charge >= 0.3 is 0 Å². The van der Waals surface area contributed by atoms with E-state index >= 15 is 0 Å². The topological polar surface area (TPSA) is 32.3 Å². The highest BCUT2D eigenvalue weighted by molar-refractivity contribution is 5.82. The van der Waals surface area contributed by atoms with Gasteiger partial charge < -0.3 is 10.2 Å². The Balaban J connectivity index is 2.02. The number of hydrogen-bond acceptors (Lipinski definition) is 2. The number of rotatable bonds is 3. The van der Waals surface area contributed by atoms with E-state index in [9.17, 15) is 4.79 Å². The van der Waals surface area contributed by atoms with Crippen molar-refractivity contribution in [2.24, 2.45) is 0 Å². The van der Waals surface area contributed by atoms with Crippen molar-refractivity contribution in [3.63, 3.8) is 0 Å². The van der Waals surface area contributed by atoms with Crippen molar-refractivity contribution in [1.29, 1.82) is 0 Å². The molecule has 1 aromatic rings. The fourth-order valence-electron chi connectivity index (χ4n) is 2.18. The Morgan fingerprint density at radius 3 is 2.61 bits per heavy atom. The summed E-state index contributed by atoms with van der Waals surface area (Å²) in [5.41, 5.74) is 2.61. The molecule has 1 atom stereocenters. The highest BCUT2D eigenvalue weighted by Gasteiger charge is 2.21. The summed E-state index contributed by atoms with van der Waals surface area (Å²) in [6, 6.07) is 10.3. The molecule has 1 aromatic carbocycles. The van der Waals surface area contributed by atoms with E-state index < -0.39 is 0 Å². The van der Waals surface area contributed by atoms with Gasteiger partial charge in [-0.05, 0) is 31.5 Å². The highest BCUT2D eigenvalue weighted by Crippen LogP contribution is 2.22. The predicted molar refractivity (Wildman–Crippen MR) is 74.1 cm³/mol. The fraction of sp³-hybridized carbons (Fsp3) is 0.400. The Hall–Kier alpha value is -1.61. The number of carbonyl (C=O) groups excluding carboxylic acids is 1. The summed E-state index contributed by atoms with van der Waals surface area (Å²) in [5, 5.41) is 2.99. The number of amides is 1. The molecule has 0 saturated carbocycles. The van der Waals surface area contributed by atoms with E-state index in [0.717, 1.165) is 19.5 Å². The molecule has 0 radical (unpaired) electrons. The first-order valence-electron chi connectivity index (χ1n) is 6.43. The number of benzene rings is 1. The van der Waals surface area contributed by atoms with Gasteiger partial charge in [-0.25, -0.2) is 0 Å². The molecule has 1 aliphatic rings. The van der Waals surface area contributed by atoms with E-state index in [1.165, 1.54) is 11.1 Å². The minimum absolute atomic E-state index is 0.100. The molecule has 3 nitrogen and oxygen atoms in total. The molecular weight excluding hydrogens is 224 g/mol. The molecule has 0 aromatic heterocycles. The van der Waals surface area contributed by atoms with Crippen LogP contribution in [0.2, 0.25) is 0 Å². The molecule has 2 rings (SSSR count). The Bertz CT molecular complexity index is 439. The molecule has 0 spiro atoms. The van der Waals surface area contributed by atoms with E-state index in [0.29, 0.717) is 0 Å². The average molecular weight is 244 g/mol. The Kier molecular flexibility index (Phi) is 4.15. The van der Waals surface area contributed by atoms with Crippen LogP contribution in [0.15, 0.2) is 36.4 Å². The molecule has 0 saturated heterocycles. The van der Waals surface area contributed by atoms with Gasteiger partial charge in [-0.2, -0.15) is 0 Å². The van der Waals surface area contributed by atoms with Crippen molar-refractivity contribution in [2.75, 3.05) is 20.1 Å². The second kappa shape index (κ2) is 5.83. The Morgan fingerprint density at radius 2 is 2.06 bits per heavy atom. The lowest BCUT2D eigenvalue weighted by Crippen LogP contribution is -2.45. The Labute approximate surface area is 108 Å². The van der Waals surface area contributed by atoms with Crippen LogP contribution in [-0.2, 0) is 4.79 Å². The van der Waals surface area contributed by atoms with Crippen LogP contribution in [0, 0.1) is 0 Å². The third kappa shape index (κ3) is 2.79.